The molecule has 0 saturated heterocycles. The van der Waals surface area contributed by atoms with Gasteiger partial charge in [-0.15, -0.1) is 10.2 Å². The number of benzene rings is 2. The first-order chi connectivity index (χ1) is 11.6. The van der Waals surface area contributed by atoms with Gasteiger partial charge in [0, 0.05) is 22.2 Å². The van der Waals surface area contributed by atoms with E-state index in [2.05, 4.69) is 20.7 Å². The summed E-state index contributed by atoms with van der Waals surface area (Å²) in [5.74, 6) is 0.238. The van der Waals surface area contributed by atoms with Gasteiger partial charge in [-0.25, -0.2) is 0 Å². The quantitative estimate of drug-likeness (QED) is 0.758. The fourth-order valence-corrected chi connectivity index (χ4v) is 2.26. The first-order valence-electron chi connectivity index (χ1n) is 7.15. The monoisotopic (exact) mass is 361 g/mol. The molecule has 1 heterocycles. The molecule has 0 unspecified atom stereocenters. The van der Waals surface area contributed by atoms with Gasteiger partial charge in [-0.05, 0) is 47.2 Å². The van der Waals surface area contributed by atoms with Crippen molar-refractivity contribution in [2.75, 3.05) is 0 Å². The molecule has 2 aromatic carbocycles. The van der Waals surface area contributed by atoms with Crippen molar-refractivity contribution in [2.45, 2.75) is 13.1 Å². The number of halogens is 2. The second kappa shape index (κ2) is 7.42. The van der Waals surface area contributed by atoms with Crippen molar-refractivity contribution in [2.24, 2.45) is 0 Å². The van der Waals surface area contributed by atoms with Crippen molar-refractivity contribution in [1.29, 1.82) is 0 Å². The van der Waals surface area contributed by atoms with Crippen LogP contribution >= 0.6 is 23.2 Å². The number of carbonyl (C=O) groups is 1. The van der Waals surface area contributed by atoms with Crippen LogP contribution in [0.4, 0.5) is 0 Å². The van der Waals surface area contributed by atoms with Crippen LogP contribution in [0.1, 0.15) is 5.56 Å². The topological polar surface area (TPSA) is 72.7 Å². The van der Waals surface area contributed by atoms with Gasteiger partial charge in [0.25, 0.3) is 0 Å². The maximum absolute atomic E-state index is 12.0. The lowest BCUT2D eigenvalue weighted by Crippen LogP contribution is -2.28. The van der Waals surface area contributed by atoms with Crippen LogP contribution in [0, 0.1) is 0 Å². The zero-order valence-electron chi connectivity index (χ0n) is 12.5. The summed E-state index contributed by atoms with van der Waals surface area (Å²) in [5.41, 5.74) is 1.74. The molecule has 0 aliphatic heterocycles. The average molecular weight is 362 g/mol. The summed E-state index contributed by atoms with van der Waals surface area (Å²) in [6, 6.07) is 14.4. The summed E-state index contributed by atoms with van der Waals surface area (Å²) in [4.78, 5) is 13.2. The molecule has 0 spiro atoms. The Morgan fingerprint density at radius 2 is 1.62 bits per heavy atom. The van der Waals surface area contributed by atoms with Gasteiger partial charge in [0.05, 0.1) is 0 Å². The fourth-order valence-electron chi connectivity index (χ4n) is 2.01. The van der Waals surface area contributed by atoms with E-state index in [1.165, 1.54) is 4.80 Å². The Kier molecular flexibility index (Phi) is 5.08. The fraction of sp³-hybridized carbons (Fsp3) is 0.125. The second-order valence-corrected chi connectivity index (χ2v) is 5.93. The maximum Gasteiger partial charge on any atom is 0.243 e. The molecule has 122 valence electrons. The molecular weight excluding hydrogens is 349 g/mol. The van der Waals surface area contributed by atoms with Crippen LogP contribution < -0.4 is 5.32 Å². The highest BCUT2D eigenvalue weighted by Gasteiger charge is 2.09. The van der Waals surface area contributed by atoms with Gasteiger partial charge in [-0.2, -0.15) is 4.80 Å². The van der Waals surface area contributed by atoms with Crippen LogP contribution in [0.2, 0.25) is 10.0 Å². The molecule has 8 heteroatoms. The largest absolute Gasteiger partial charge is 0.350 e. The maximum atomic E-state index is 12.0. The van der Waals surface area contributed by atoms with E-state index in [1.54, 1.807) is 36.4 Å². The van der Waals surface area contributed by atoms with Gasteiger partial charge in [0.1, 0.15) is 6.54 Å². The number of carbonyl (C=O) groups excluding carboxylic acids is 1. The SMILES string of the molecule is O=C(Cn1nnc(-c2ccc(Cl)cc2)n1)NCc1ccc(Cl)cc1. The lowest BCUT2D eigenvalue weighted by atomic mass is 10.2. The van der Waals surface area contributed by atoms with E-state index in [0.717, 1.165) is 11.1 Å². The summed E-state index contributed by atoms with van der Waals surface area (Å²) in [7, 11) is 0. The van der Waals surface area contributed by atoms with Crippen molar-refractivity contribution in [3.05, 3.63) is 64.1 Å². The Bertz CT molecular complexity index is 830. The Balaban J connectivity index is 1.57. The smallest absolute Gasteiger partial charge is 0.243 e. The number of hydrogen-bond donors (Lipinski definition) is 1. The molecule has 0 radical (unpaired) electrons. The number of amides is 1. The number of hydrogen-bond acceptors (Lipinski definition) is 4. The number of tetrazole rings is 1. The lowest BCUT2D eigenvalue weighted by Gasteiger charge is -2.04. The minimum absolute atomic E-state index is 0.00577. The molecule has 0 atom stereocenters. The molecule has 1 aromatic heterocycles. The third-order valence-corrected chi connectivity index (χ3v) is 3.75. The first-order valence-corrected chi connectivity index (χ1v) is 7.90. The molecule has 0 aliphatic rings. The second-order valence-electron chi connectivity index (χ2n) is 5.05. The van der Waals surface area contributed by atoms with Gasteiger partial charge >= 0.3 is 0 Å². The van der Waals surface area contributed by atoms with E-state index in [9.17, 15) is 4.79 Å². The third kappa shape index (κ3) is 4.31. The van der Waals surface area contributed by atoms with Crippen molar-refractivity contribution < 1.29 is 4.79 Å². The molecule has 0 aliphatic carbocycles. The number of rotatable bonds is 5. The minimum Gasteiger partial charge on any atom is -0.350 e. The van der Waals surface area contributed by atoms with Crippen LogP contribution in [0.15, 0.2) is 48.5 Å². The van der Waals surface area contributed by atoms with Gasteiger partial charge < -0.3 is 5.32 Å². The molecular formula is C16H13Cl2N5O. The van der Waals surface area contributed by atoms with Gasteiger partial charge in [0.15, 0.2) is 0 Å². The predicted octanol–water partition coefficient (Wildman–Crippen LogP) is 2.96. The lowest BCUT2D eigenvalue weighted by molar-refractivity contribution is -0.122. The number of aromatic nitrogens is 4. The molecule has 0 bridgehead atoms. The van der Waals surface area contributed by atoms with E-state index < -0.39 is 0 Å². The molecule has 3 rings (SSSR count). The molecule has 0 fully saturated rings. The van der Waals surface area contributed by atoms with Crippen molar-refractivity contribution in [1.82, 2.24) is 25.5 Å². The van der Waals surface area contributed by atoms with E-state index in [1.807, 2.05) is 12.1 Å². The molecule has 1 N–H and O–H groups in total. The molecule has 3 aromatic rings. The zero-order chi connectivity index (χ0) is 16.9. The summed E-state index contributed by atoms with van der Waals surface area (Å²) < 4.78 is 0. The molecule has 24 heavy (non-hydrogen) atoms. The van der Waals surface area contributed by atoms with Gasteiger partial charge in [-0.3, -0.25) is 4.79 Å². The van der Waals surface area contributed by atoms with Crippen LogP contribution in [0.3, 0.4) is 0 Å². The third-order valence-electron chi connectivity index (χ3n) is 3.24. The van der Waals surface area contributed by atoms with Crippen molar-refractivity contribution in [3.63, 3.8) is 0 Å². The Morgan fingerprint density at radius 3 is 2.29 bits per heavy atom. The van der Waals surface area contributed by atoms with E-state index in [0.29, 0.717) is 22.4 Å². The average Bonchev–Trinajstić information content (AvgIpc) is 3.03. The van der Waals surface area contributed by atoms with Crippen LogP contribution in [0.5, 0.6) is 0 Å². The Hall–Kier alpha value is -2.44. The first kappa shape index (κ1) is 16.4. The summed E-state index contributed by atoms with van der Waals surface area (Å²) >= 11 is 11.7. The number of nitrogens with zero attached hydrogens (tertiary/aromatic N) is 4. The van der Waals surface area contributed by atoms with E-state index in [4.69, 9.17) is 23.2 Å². The minimum atomic E-state index is -0.204. The van der Waals surface area contributed by atoms with E-state index >= 15 is 0 Å². The molecule has 6 nitrogen and oxygen atoms in total. The number of nitrogens with one attached hydrogen (secondary N) is 1. The van der Waals surface area contributed by atoms with Crippen molar-refractivity contribution >= 4 is 29.1 Å². The van der Waals surface area contributed by atoms with Gasteiger partial charge in [0.2, 0.25) is 11.7 Å². The van der Waals surface area contributed by atoms with E-state index in [-0.39, 0.29) is 12.5 Å². The van der Waals surface area contributed by atoms with Crippen LogP contribution in [0.25, 0.3) is 11.4 Å². The van der Waals surface area contributed by atoms with Crippen molar-refractivity contribution in [3.8, 4) is 11.4 Å². The summed E-state index contributed by atoms with van der Waals surface area (Å²) in [5, 5.41) is 16.1. The van der Waals surface area contributed by atoms with Gasteiger partial charge in [-0.1, -0.05) is 35.3 Å². The van der Waals surface area contributed by atoms with Crippen LogP contribution in [-0.4, -0.2) is 26.1 Å². The predicted molar refractivity (Wildman–Crippen MR) is 91.6 cm³/mol. The highest BCUT2D eigenvalue weighted by atomic mass is 35.5. The summed E-state index contributed by atoms with van der Waals surface area (Å²) in [6.45, 7) is 0.406. The molecule has 0 saturated carbocycles. The highest BCUT2D eigenvalue weighted by molar-refractivity contribution is 6.30. The van der Waals surface area contributed by atoms with Crippen LogP contribution in [-0.2, 0) is 17.9 Å². The normalized spacial score (nSPS) is 10.6. The summed E-state index contributed by atoms with van der Waals surface area (Å²) in [6.07, 6.45) is 0. The molecule has 1 amide bonds. The standard InChI is InChI=1S/C16H13Cl2N5O/c17-13-5-1-11(2-6-13)9-19-15(24)10-23-21-16(20-22-23)12-3-7-14(18)8-4-12/h1-8H,9-10H2,(H,19,24). The highest BCUT2D eigenvalue weighted by Crippen LogP contribution is 2.16. The Labute approximate surface area is 148 Å². The Morgan fingerprint density at radius 1 is 1.00 bits per heavy atom. The zero-order valence-corrected chi connectivity index (χ0v) is 14.0.